The highest BCUT2D eigenvalue weighted by Gasteiger charge is 2.30. The van der Waals surface area contributed by atoms with E-state index in [1.54, 1.807) is 6.08 Å². The monoisotopic (exact) mass is 265 g/mol. The van der Waals surface area contributed by atoms with Gasteiger partial charge in [0, 0.05) is 4.43 Å². The molecule has 0 aromatic heterocycles. The smallest absolute Gasteiger partial charge is 0.211 e. The average molecular weight is 265 g/mol. The lowest BCUT2D eigenvalue weighted by Crippen LogP contribution is -2.30. The molecule has 62 valence electrons. The molecule has 1 aliphatic carbocycles. The van der Waals surface area contributed by atoms with Gasteiger partial charge in [-0.3, -0.25) is 0 Å². The van der Waals surface area contributed by atoms with E-state index in [0.29, 0.717) is 0 Å². The molecule has 1 fully saturated rings. The number of nitrogens with zero attached hydrogens (tertiary/aromatic N) is 1. The van der Waals surface area contributed by atoms with Crippen molar-refractivity contribution in [1.82, 2.24) is 0 Å². The van der Waals surface area contributed by atoms with Crippen molar-refractivity contribution in [3.05, 3.63) is 0 Å². The van der Waals surface area contributed by atoms with Crippen LogP contribution in [-0.4, -0.2) is 16.0 Å². The second-order valence-electron chi connectivity index (χ2n) is 3.12. The van der Waals surface area contributed by atoms with Crippen molar-refractivity contribution in [2.45, 2.75) is 37.6 Å². The second kappa shape index (κ2) is 4.21. The van der Waals surface area contributed by atoms with Gasteiger partial charge >= 0.3 is 0 Å². The van der Waals surface area contributed by atoms with Gasteiger partial charge in [-0.05, 0) is 12.8 Å². The number of carbonyl (C=O) groups excluding carboxylic acids is 1. The van der Waals surface area contributed by atoms with Gasteiger partial charge in [0.1, 0.15) is 0 Å². The fourth-order valence-electron chi connectivity index (χ4n) is 1.58. The Balaban J connectivity index is 2.64. The Bertz CT molecular complexity index is 169. The van der Waals surface area contributed by atoms with Crippen LogP contribution in [0.3, 0.4) is 0 Å². The molecule has 0 unspecified atom stereocenters. The zero-order valence-electron chi connectivity index (χ0n) is 6.48. The zero-order chi connectivity index (χ0) is 8.16. The maximum Gasteiger partial charge on any atom is 0.235 e. The Morgan fingerprint density at radius 2 is 2.00 bits per heavy atom. The zero-order valence-corrected chi connectivity index (χ0v) is 8.63. The molecular formula is C8H12INO. The second-order valence-corrected chi connectivity index (χ2v) is 3.88. The van der Waals surface area contributed by atoms with Crippen LogP contribution in [0.4, 0.5) is 0 Å². The molecule has 0 aromatic rings. The van der Waals surface area contributed by atoms with E-state index < -0.39 is 0 Å². The number of isocyanates is 1. The molecule has 0 N–H and O–H groups in total. The van der Waals surface area contributed by atoms with Gasteiger partial charge in [0.05, 0.1) is 5.54 Å². The summed E-state index contributed by atoms with van der Waals surface area (Å²) in [5, 5.41) is 0. The van der Waals surface area contributed by atoms with Crippen LogP contribution < -0.4 is 0 Å². The van der Waals surface area contributed by atoms with E-state index >= 15 is 0 Å². The van der Waals surface area contributed by atoms with E-state index in [-0.39, 0.29) is 5.54 Å². The molecular weight excluding hydrogens is 253 g/mol. The van der Waals surface area contributed by atoms with Gasteiger partial charge in [0.25, 0.3) is 0 Å². The van der Waals surface area contributed by atoms with Crippen LogP contribution in [0, 0.1) is 0 Å². The summed E-state index contributed by atoms with van der Waals surface area (Å²) in [7, 11) is 0. The average Bonchev–Trinajstić information content (AvgIpc) is 2.07. The largest absolute Gasteiger partial charge is 0.235 e. The molecule has 0 bridgehead atoms. The third-order valence-corrected chi connectivity index (χ3v) is 3.74. The molecule has 11 heavy (non-hydrogen) atoms. The standard InChI is InChI=1S/C8H12INO/c9-6-8(10-7-11)4-2-1-3-5-8/h1-6H2. The van der Waals surface area contributed by atoms with Crippen LogP contribution in [0.15, 0.2) is 4.99 Å². The number of hydrogen-bond acceptors (Lipinski definition) is 2. The summed E-state index contributed by atoms with van der Waals surface area (Å²) in [6.45, 7) is 0. The fourth-order valence-corrected chi connectivity index (χ4v) is 2.52. The highest BCUT2D eigenvalue weighted by Crippen LogP contribution is 2.32. The summed E-state index contributed by atoms with van der Waals surface area (Å²) in [5.41, 5.74) is -0.0411. The van der Waals surface area contributed by atoms with Crippen LogP contribution in [0.25, 0.3) is 0 Å². The van der Waals surface area contributed by atoms with Crippen molar-refractivity contribution in [1.29, 1.82) is 0 Å². The molecule has 1 aliphatic rings. The van der Waals surface area contributed by atoms with E-state index in [0.717, 1.165) is 17.3 Å². The van der Waals surface area contributed by atoms with Gasteiger partial charge in [-0.2, -0.15) is 4.99 Å². The molecule has 0 spiro atoms. The number of rotatable bonds is 2. The summed E-state index contributed by atoms with van der Waals surface area (Å²) in [5.74, 6) is 0. The SMILES string of the molecule is O=C=NC1(CI)CCCCC1. The van der Waals surface area contributed by atoms with E-state index in [1.165, 1.54) is 19.3 Å². The first-order chi connectivity index (χ1) is 5.33. The van der Waals surface area contributed by atoms with Crippen molar-refractivity contribution in [2.75, 3.05) is 4.43 Å². The highest BCUT2D eigenvalue weighted by atomic mass is 127. The van der Waals surface area contributed by atoms with Crippen molar-refractivity contribution in [3.8, 4) is 0 Å². The summed E-state index contributed by atoms with van der Waals surface area (Å²) in [6, 6.07) is 0. The first kappa shape index (κ1) is 9.20. The van der Waals surface area contributed by atoms with Gasteiger partial charge in [0.2, 0.25) is 6.08 Å². The Morgan fingerprint density at radius 3 is 2.45 bits per heavy atom. The van der Waals surface area contributed by atoms with Gasteiger partial charge in [0.15, 0.2) is 0 Å². The van der Waals surface area contributed by atoms with Gasteiger partial charge in [-0.25, -0.2) is 4.79 Å². The summed E-state index contributed by atoms with van der Waals surface area (Å²) >= 11 is 2.31. The van der Waals surface area contributed by atoms with Gasteiger partial charge in [-0.15, -0.1) is 0 Å². The van der Waals surface area contributed by atoms with Crippen molar-refractivity contribution in [3.63, 3.8) is 0 Å². The minimum atomic E-state index is -0.0411. The van der Waals surface area contributed by atoms with Crippen LogP contribution in [0.5, 0.6) is 0 Å². The summed E-state index contributed by atoms with van der Waals surface area (Å²) < 4.78 is 0.958. The Labute approximate surface area is 80.6 Å². The maximum atomic E-state index is 10.1. The lowest BCUT2D eigenvalue weighted by Gasteiger charge is -2.29. The number of hydrogen-bond donors (Lipinski definition) is 0. The molecule has 0 heterocycles. The van der Waals surface area contributed by atoms with E-state index in [9.17, 15) is 4.79 Å². The molecule has 0 aromatic carbocycles. The predicted octanol–water partition coefficient (Wildman–Crippen LogP) is 2.46. The van der Waals surface area contributed by atoms with Crippen molar-refractivity contribution >= 4 is 28.7 Å². The molecule has 0 radical (unpaired) electrons. The molecule has 0 aliphatic heterocycles. The molecule has 1 rings (SSSR count). The van der Waals surface area contributed by atoms with Gasteiger partial charge in [-0.1, -0.05) is 41.9 Å². The molecule has 1 saturated carbocycles. The van der Waals surface area contributed by atoms with Crippen molar-refractivity contribution < 1.29 is 4.79 Å². The molecule has 3 heteroatoms. The van der Waals surface area contributed by atoms with E-state index in [1.807, 2.05) is 0 Å². The lowest BCUT2D eigenvalue weighted by atomic mass is 9.84. The minimum Gasteiger partial charge on any atom is -0.211 e. The topological polar surface area (TPSA) is 29.4 Å². The number of aliphatic imine (C=N–C) groups is 1. The maximum absolute atomic E-state index is 10.1. The number of alkyl halides is 1. The Hall–Kier alpha value is 0.110. The van der Waals surface area contributed by atoms with E-state index in [2.05, 4.69) is 27.6 Å². The molecule has 0 atom stereocenters. The predicted molar refractivity (Wildman–Crippen MR) is 52.8 cm³/mol. The normalized spacial score (nSPS) is 22.3. The Morgan fingerprint density at radius 1 is 1.36 bits per heavy atom. The summed E-state index contributed by atoms with van der Waals surface area (Å²) in [6.07, 6.45) is 7.58. The van der Waals surface area contributed by atoms with Crippen LogP contribution in [-0.2, 0) is 4.79 Å². The molecule has 2 nitrogen and oxygen atoms in total. The lowest BCUT2D eigenvalue weighted by molar-refractivity contribution is 0.333. The van der Waals surface area contributed by atoms with Crippen LogP contribution >= 0.6 is 22.6 Å². The third kappa shape index (κ3) is 2.27. The van der Waals surface area contributed by atoms with E-state index in [4.69, 9.17) is 0 Å². The Kier molecular flexibility index (Phi) is 3.52. The number of halogens is 1. The summed E-state index contributed by atoms with van der Waals surface area (Å²) in [4.78, 5) is 14.1. The molecule has 0 amide bonds. The van der Waals surface area contributed by atoms with Gasteiger partial charge < -0.3 is 0 Å². The third-order valence-electron chi connectivity index (χ3n) is 2.32. The van der Waals surface area contributed by atoms with Crippen molar-refractivity contribution in [2.24, 2.45) is 4.99 Å². The quantitative estimate of drug-likeness (QED) is 0.326. The first-order valence-corrected chi connectivity index (χ1v) is 5.50. The van der Waals surface area contributed by atoms with Crippen LogP contribution in [0.2, 0.25) is 0 Å². The highest BCUT2D eigenvalue weighted by molar-refractivity contribution is 14.1. The fraction of sp³-hybridized carbons (Fsp3) is 0.875. The minimum absolute atomic E-state index is 0.0411. The molecule has 0 saturated heterocycles. The first-order valence-electron chi connectivity index (χ1n) is 3.98. The van der Waals surface area contributed by atoms with Crippen LogP contribution in [0.1, 0.15) is 32.1 Å².